The number of hydrogen-bond donors (Lipinski definition) is 2. The molecular weight excluding hydrogens is 312 g/mol. The molecule has 0 bridgehead atoms. The second-order valence-electron chi connectivity index (χ2n) is 6.64. The highest BCUT2D eigenvalue weighted by atomic mass is 16.6. The third-order valence-electron chi connectivity index (χ3n) is 3.63. The van der Waals surface area contributed by atoms with Crippen LogP contribution in [0.15, 0.2) is 24.3 Å². The Labute approximate surface area is 141 Å². The molecule has 1 amide bonds. The number of carbonyl (C=O) groups excluding carboxylic acids is 1. The summed E-state index contributed by atoms with van der Waals surface area (Å²) in [6.07, 6.45) is 2.58. The van der Waals surface area contributed by atoms with Crippen molar-refractivity contribution in [1.29, 1.82) is 0 Å². The molecule has 0 spiro atoms. The van der Waals surface area contributed by atoms with Crippen LogP contribution in [-0.2, 0) is 16.0 Å². The molecule has 132 valence electrons. The number of amides is 1. The van der Waals surface area contributed by atoms with E-state index in [1.54, 1.807) is 26.0 Å². The number of nitro groups is 1. The molecule has 0 aromatic heterocycles. The molecule has 0 saturated heterocycles. The van der Waals surface area contributed by atoms with Gasteiger partial charge >= 0.3 is 5.97 Å². The van der Waals surface area contributed by atoms with Crippen LogP contribution < -0.4 is 5.32 Å². The molecule has 1 aromatic carbocycles. The molecule has 0 fully saturated rings. The molecule has 24 heavy (non-hydrogen) atoms. The zero-order valence-electron chi connectivity index (χ0n) is 14.1. The van der Waals surface area contributed by atoms with Crippen molar-refractivity contribution in [1.82, 2.24) is 5.32 Å². The van der Waals surface area contributed by atoms with E-state index in [0.29, 0.717) is 6.54 Å². The molecule has 0 aliphatic heterocycles. The standard InChI is InChI=1S/C17H24N2O5/c1-17(2,12-16(21)22)11-15(20)18-10-4-3-5-13-6-8-14(9-7-13)19(23)24/h6-9H,3-5,10-12H2,1-2H3,(H,18,20)(H,21,22). The lowest BCUT2D eigenvalue weighted by atomic mass is 9.85. The highest BCUT2D eigenvalue weighted by molar-refractivity contribution is 5.77. The maximum Gasteiger partial charge on any atom is 0.303 e. The zero-order chi connectivity index (χ0) is 18.2. The van der Waals surface area contributed by atoms with Gasteiger partial charge in [0.25, 0.3) is 5.69 Å². The molecule has 0 saturated carbocycles. The summed E-state index contributed by atoms with van der Waals surface area (Å²) < 4.78 is 0. The second-order valence-corrected chi connectivity index (χ2v) is 6.64. The van der Waals surface area contributed by atoms with Crippen molar-refractivity contribution in [3.63, 3.8) is 0 Å². The van der Waals surface area contributed by atoms with Gasteiger partial charge in [0.1, 0.15) is 0 Å². The predicted octanol–water partition coefficient (Wildman–Crippen LogP) is 2.92. The summed E-state index contributed by atoms with van der Waals surface area (Å²) in [7, 11) is 0. The summed E-state index contributed by atoms with van der Waals surface area (Å²) in [6.45, 7) is 4.06. The summed E-state index contributed by atoms with van der Waals surface area (Å²) >= 11 is 0. The van der Waals surface area contributed by atoms with Gasteiger partial charge in [-0.25, -0.2) is 0 Å². The van der Waals surface area contributed by atoms with E-state index < -0.39 is 16.3 Å². The molecular formula is C17H24N2O5. The third-order valence-corrected chi connectivity index (χ3v) is 3.63. The fraction of sp³-hybridized carbons (Fsp3) is 0.529. The van der Waals surface area contributed by atoms with E-state index in [4.69, 9.17) is 5.11 Å². The van der Waals surface area contributed by atoms with Gasteiger partial charge in [0, 0.05) is 25.1 Å². The first kappa shape index (κ1) is 19.6. The molecule has 7 heteroatoms. The Morgan fingerprint density at radius 2 is 1.79 bits per heavy atom. The van der Waals surface area contributed by atoms with Crippen molar-refractivity contribution in [3.05, 3.63) is 39.9 Å². The first-order valence-corrected chi connectivity index (χ1v) is 7.91. The number of aryl methyl sites for hydroxylation is 1. The molecule has 7 nitrogen and oxygen atoms in total. The van der Waals surface area contributed by atoms with Crippen molar-refractivity contribution >= 4 is 17.6 Å². The maximum atomic E-state index is 11.8. The van der Waals surface area contributed by atoms with Crippen LogP contribution in [0.3, 0.4) is 0 Å². The Morgan fingerprint density at radius 3 is 2.33 bits per heavy atom. The number of rotatable bonds is 10. The monoisotopic (exact) mass is 336 g/mol. The number of carboxylic acids is 1. The minimum absolute atomic E-state index is 0.0411. The highest BCUT2D eigenvalue weighted by Crippen LogP contribution is 2.24. The number of carbonyl (C=O) groups is 2. The van der Waals surface area contributed by atoms with Crippen LogP contribution in [0.4, 0.5) is 5.69 Å². The molecule has 0 unspecified atom stereocenters. The van der Waals surface area contributed by atoms with Gasteiger partial charge in [-0.05, 0) is 30.2 Å². The molecule has 0 radical (unpaired) electrons. The smallest absolute Gasteiger partial charge is 0.303 e. The fourth-order valence-corrected chi connectivity index (χ4v) is 2.44. The summed E-state index contributed by atoms with van der Waals surface area (Å²) in [5.41, 5.74) is 0.541. The van der Waals surface area contributed by atoms with Gasteiger partial charge in [-0.2, -0.15) is 0 Å². The van der Waals surface area contributed by atoms with E-state index in [2.05, 4.69) is 5.32 Å². The first-order valence-electron chi connectivity index (χ1n) is 7.91. The Balaban J connectivity index is 2.22. The van der Waals surface area contributed by atoms with E-state index in [0.717, 1.165) is 24.8 Å². The number of aliphatic carboxylic acids is 1. The van der Waals surface area contributed by atoms with Crippen molar-refractivity contribution in [2.45, 2.75) is 46.0 Å². The predicted molar refractivity (Wildman–Crippen MR) is 89.7 cm³/mol. The van der Waals surface area contributed by atoms with Crippen molar-refractivity contribution in [2.75, 3.05) is 6.54 Å². The Morgan fingerprint density at radius 1 is 1.17 bits per heavy atom. The fourth-order valence-electron chi connectivity index (χ4n) is 2.44. The van der Waals surface area contributed by atoms with Crippen LogP contribution in [-0.4, -0.2) is 28.5 Å². The van der Waals surface area contributed by atoms with E-state index in [-0.39, 0.29) is 24.4 Å². The highest BCUT2D eigenvalue weighted by Gasteiger charge is 2.24. The first-order chi connectivity index (χ1) is 11.2. The minimum Gasteiger partial charge on any atom is -0.481 e. The van der Waals surface area contributed by atoms with Crippen LogP contribution in [0.25, 0.3) is 0 Å². The summed E-state index contributed by atoms with van der Waals surface area (Å²) in [5, 5.41) is 22.2. The summed E-state index contributed by atoms with van der Waals surface area (Å²) in [5.74, 6) is -1.05. The molecule has 0 aliphatic carbocycles. The number of benzene rings is 1. The number of nitrogens with one attached hydrogen (secondary N) is 1. The Kier molecular flexibility index (Phi) is 7.35. The van der Waals surface area contributed by atoms with Gasteiger partial charge in [-0.3, -0.25) is 19.7 Å². The van der Waals surface area contributed by atoms with E-state index in [9.17, 15) is 19.7 Å². The van der Waals surface area contributed by atoms with Gasteiger partial charge in [0.05, 0.1) is 11.3 Å². The van der Waals surface area contributed by atoms with Crippen molar-refractivity contribution in [2.24, 2.45) is 5.41 Å². The molecule has 0 aliphatic rings. The summed E-state index contributed by atoms with van der Waals surface area (Å²) in [6, 6.07) is 6.46. The number of unbranched alkanes of at least 4 members (excludes halogenated alkanes) is 1. The van der Waals surface area contributed by atoms with Crippen molar-refractivity contribution in [3.8, 4) is 0 Å². The maximum absolute atomic E-state index is 11.8. The summed E-state index contributed by atoms with van der Waals surface area (Å²) in [4.78, 5) is 32.7. The topological polar surface area (TPSA) is 110 Å². The average Bonchev–Trinajstić information content (AvgIpc) is 2.45. The van der Waals surface area contributed by atoms with E-state index in [1.165, 1.54) is 12.1 Å². The average molecular weight is 336 g/mol. The molecule has 2 N–H and O–H groups in total. The number of carboxylic acid groups (broad SMARTS) is 1. The quantitative estimate of drug-likeness (QED) is 0.388. The number of non-ortho nitro benzene ring substituents is 1. The van der Waals surface area contributed by atoms with E-state index in [1.807, 2.05) is 0 Å². The SMILES string of the molecule is CC(C)(CC(=O)O)CC(=O)NCCCCc1ccc([N+](=O)[O-])cc1. The largest absolute Gasteiger partial charge is 0.481 e. The Hall–Kier alpha value is -2.44. The third kappa shape index (κ3) is 7.71. The van der Waals surface area contributed by atoms with Gasteiger partial charge in [0.2, 0.25) is 5.91 Å². The van der Waals surface area contributed by atoms with Gasteiger partial charge in [-0.15, -0.1) is 0 Å². The normalized spacial score (nSPS) is 11.1. The van der Waals surface area contributed by atoms with Crippen molar-refractivity contribution < 1.29 is 19.6 Å². The lowest BCUT2D eigenvalue weighted by Gasteiger charge is -2.21. The molecule has 0 heterocycles. The number of nitro benzene ring substituents is 1. The molecule has 0 atom stereocenters. The molecule has 1 rings (SSSR count). The lowest BCUT2D eigenvalue weighted by Crippen LogP contribution is -2.30. The molecule has 1 aromatic rings. The van der Waals surface area contributed by atoms with Crippen LogP contribution in [0.1, 0.15) is 45.1 Å². The minimum atomic E-state index is -0.907. The van der Waals surface area contributed by atoms with Crippen LogP contribution in [0.5, 0.6) is 0 Å². The van der Waals surface area contributed by atoms with Crippen LogP contribution >= 0.6 is 0 Å². The van der Waals surface area contributed by atoms with Crippen LogP contribution in [0, 0.1) is 15.5 Å². The van der Waals surface area contributed by atoms with Crippen LogP contribution in [0.2, 0.25) is 0 Å². The Bertz CT molecular complexity index is 581. The van der Waals surface area contributed by atoms with E-state index >= 15 is 0 Å². The zero-order valence-corrected chi connectivity index (χ0v) is 14.1. The van der Waals surface area contributed by atoms with Gasteiger partial charge in [-0.1, -0.05) is 26.0 Å². The van der Waals surface area contributed by atoms with Gasteiger partial charge in [0.15, 0.2) is 0 Å². The number of nitrogens with zero attached hydrogens (tertiary/aromatic N) is 1. The lowest BCUT2D eigenvalue weighted by molar-refractivity contribution is -0.384. The number of hydrogen-bond acceptors (Lipinski definition) is 4. The second kappa shape index (κ2) is 9.00. The van der Waals surface area contributed by atoms with Gasteiger partial charge < -0.3 is 10.4 Å².